The first kappa shape index (κ1) is 20.7. The molecule has 1 rings (SSSR count). The largest absolute Gasteiger partial charge is 0.426 e. The van der Waals surface area contributed by atoms with Crippen molar-refractivity contribution in [1.82, 2.24) is 0 Å². The lowest BCUT2D eigenvalue weighted by atomic mass is 10.1. The minimum absolute atomic E-state index is 0.269. The molecule has 1 aromatic rings. The topological polar surface area (TPSA) is 104 Å². The lowest BCUT2D eigenvalue weighted by Crippen LogP contribution is -2.52. The molecule has 1 unspecified atom stereocenters. The first-order valence-electron chi connectivity index (χ1n) is 6.49. The molecule has 2 atom stereocenters. The Hall–Kier alpha value is -1.36. The Morgan fingerprint density at radius 1 is 1.38 bits per heavy atom. The van der Waals surface area contributed by atoms with Gasteiger partial charge in [-0.05, 0) is 32.0 Å². The molecule has 1 amide bonds. The Bertz CT molecular complexity index is 732. The summed E-state index contributed by atoms with van der Waals surface area (Å²) in [6.45, 7) is 1.55. The molecular weight excluding hydrogens is 375 g/mol. The highest BCUT2D eigenvalue weighted by atomic mass is 35.5. The highest BCUT2D eigenvalue weighted by Crippen LogP contribution is 2.32. The number of sulfone groups is 1. The van der Waals surface area contributed by atoms with Crippen LogP contribution in [0.3, 0.4) is 0 Å². The molecule has 0 bridgehead atoms. The number of hydrogen-bond acceptors (Lipinski definition) is 5. The maximum atomic E-state index is 12.6. The van der Waals surface area contributed by atoms with Crippen molar-refractivity contribution in [3.05, 3.63) is 23.2 Å². The average molecular weight is 390 g/mol. The van der Waals surface area contributed by atoms with Crippen LogP contribution < -0.4 is 5.32 Å². The van der Waals surface area contributed by atoms with Gasteiger partial charge >= 0.3 is 6.18 Å². The second kappa shape index (κ2) is 6.87. The van der Waals surface area contributed by atoms with E-state index in [1.807, 2.05) is 0 Å². The normalized spacial score (nSPS) is 16.3. The van der Waals surface area contributed by atoms with Crippen molar-refractivity contribution in [2.75, 3.05) is 11.1 Å². The highest BCUT2D eigenvalue weighted by Gasteiger charge is 2.55. The van der Waals surface area contributed by atoms with Crippen LogP contribution in [0.15, 0.2) is 23.1 Å². The van der Waals surface area contributed by atoms with Crippen LogP contribution in [0.2, 0.25) is 5.02 Å². The van der Waals surface area contributed by atoms with Gasteiger partial charge in [0.15, 0.2) is 9.84 Å². The maximum Gasteiger partial charge on any atom is 0.426 e. The molecular formula is C13H15ClF3NO5S. The molecule has 0 saturated heterocycles. The summed E-state index contributed by atoms with van der Waals surface area (Å²) in [5, 5.41) is 19.9. The molecule has 136 valence electrons. The number of alkyl halides is 3. The van der Waals surface area contributed by atoms with Gasteiger partial charge in [0.05, 0.1) is 27.5 Å². The molecule has 3 N–H and O–H groups in total. The van der Waals surface area contributed by atoms with Crippen molar-refractivity contribution in [2.24, 2.45) is 0 Å². The number of halogens is 4. The third-order valence-corrected chi connectivity index (χ3v) is 5.21. The van der Waals surface area contributed by atoms with Gasteiger partial charge in [-0.3, -0.25) is 4.79 Å². The SMILES string of the molecule is CC(O)CS(=O)(=O)c1ccc(NC(=O)[C@@](C)(O)C(F)(F)F)c(Cl)c1. The van der Waals surface area contributed by atoms with E-state index in [0.29, 0.717) is 0 Å². The third-order valence-electron chi connectivity index (χ3n) is 3.00. The van der Waals surface area contributed by atoms with Crippen LogP contribution in [0.4, 0.5) is 18.9 Å². The quantitative estimate of drug-likeness (QED) is 0.711. The minimum atomic E-state index is -5.20. The van der Waals surface area contributed by atoms with Crippen LogP contribution in [-0.4, -0.2) is 48.2 Å². The number of carbonyl (C=O) groups is 1. The first-order chi connectivity index (χ1) is 10.7. The van der Waals surface area contributed by atoms with Gasteiger partial charge < -0.3 is 15.5 Å². The van der Waals surface area contributed by atoms with Gasteiger partial charge in [-0.25, -0.2) is 8.42 Å². The van der Waals surface area contributed by atoms with Gasteiger partial charge in [0.2, 0.25) is 5.60 Å². The molecule has 24 heavy (non-hydrogen) atoms. The van der Waals surface area contributed by atoms with Crippen LogP contribution in [-0.2, 0) is 14.6 Å². The van der Waals surface area contributed by atoms with Crippen LogP contribution in [0.1, 0.15) is 13.8 Å². The summed E-state index contributed by atoms with van der Waals surface area (Å²) in [7, 11) is -3.86. The highest BCUT2D eigenvalue weighted by molar-refractivity contribution is 7.91. The number of aliphatic hydroxyl groups excluding tert-OH is 1. The Morgan fingerprint density at radius 2 is 1.92 bits per heavy atom. The molecule has 1 aromatic carbocycles. The van der Waals surface area contributed by atoms with Crippen LogP contribution in [0, 0.1) is 0 Å². The summed E-state index contributed by atoms with van der Waals surface area (Å²) < 4.78 is 61.6. The summed E-state index contributed by atoms with van der Waals surface area (Å²) in [6.07, 6.45) is -6.33. The van der Waals surface area contributed by atoms with E-state index < -0.39 is 39.4 Å². The maximum absolute atomic E-state index is 12.6. The fraction of sp³-hybridized carbons (Fsp3) is 0.462. The zero-order valence-corrected chi connectivity index (χ0v) is 14.1. The molecule has 0 fully saturated rings. The lowest BCUT2D eigenvalue weighted by molar-refractivity contribution is -0.242. The van der Waals surface area contributed by atoms with E-state index in [-0.39, 0.29) is 22.5 Å². The predicted octanol–water partition coefficient (Wildman–Crippen LogP) is 1.75. The Balaban J connectivity index is 3.08. The average Bonchev–Trinajstić information content (AvgIpc) is 2.37. The number of anilines is 1. The number of benzene rings is 1. The van der Waals surface area contributed by atoms with Gasteiger partial charge in [-0.1, -0.05) is 11.6 Å². The molecule has 0 spiro atoms. The Kier molecular flexibility index (Phi) is 5.92. The van der Waals surface area contributed by atoms with Crippen LogP contribution >= 0.6 is 11.6 Å². The van der Waals surface area contributed by atoms with E-state index in [1.165, 1.54) is 6.92 Å². The van der Waals surface area contributed by atoms with Crippen molar-refractivity contribution < 1.29 is 36.6 Å². The molecule has 0 aliphatic rings. The molecule has 0 aliphatic carbocycles. The standard InChI is InChI=1S/C13H15ClF3NO5S/c1-7(19)6-24(22,23)8-3-4-10(9(14)5-8)18-11(20)12(2,21)13(15,16)17/h3-5,7,19,21H,6H2,1-2H3,(H,18,20)/t7?,12-/m1/s1. The van der Waals surface area contributed by atoms with E-state index >= 15 is 0 Å². The second-order valence-corrected chi connectivity index (χ2v) is 7.74. The van der Waals surface area contributed by atoms with Crippen molar-refractivity contribution in [3.8, 4) is 0 Å². The fourth-order valence-electron chi connectivity index (χ4n) is 1.58. The number of carbonyl (C=O) groups excluding carboxylic acids is 1. The van der Waals surface area contributed by atoms with Gasteiger partial charge in [0.1, 0.15) is 0 Å². The van der Waals surface area contributed by atoms with Gasteiger partial charge in [-0.2, -0.15) is 13.2 Å². The number of hydrogen-bond donors (Lipinski definition) is 3. The zero-order chi connectivity index (χ0) is 18.9. The van der Waals surface area contributed by atoms with Crippen molar-refractivity contribution >= 4 is 33.0 Å². The summed E-state index contributed by atoms with van der Waals surface area (Å²) >= 11 is 5.78. The molecule has 0 heterocycles. The summed E-state index contributed by atoms with van der Waals surface area (Å²) in [5.74, 6) is -2.34. The number of amides is 1. The number of rotatable bonds is 5. The molecule has 0 aliphatic heterocycles. The zero-order valence-electron chi connectivity index (χ0n) is 12.6. The van der Waals surface area contributed by atoms with Crippen molar-refractivity contribution in [2.45, 2.75) is 36.6 Å². The smallest absolute Gasteiger partial charge is 0.392 e. The predicted molar refractivity (Wildman–Crippen MR) is 80.5 cm³/mol. The summed E-state index contributed by atoms with van der Waals surface area (Å²) in [4.78, 5) is 11.3. The van der Waals surface area contributed by atoms with Crippen molar-refractivity contribution in [3.63, 3.8) is 0 Å². The molecule has 0 radical (unpaired) electrons. The van der Waals surface area contributed by atoms with Gasteiger partial charge in [0.25, 0.3) is 5.91 Å². The van der Waals surface area contributed by atoms with Gasteiger partial charge in [0, 0.05) is 0 Å². The number of aliphatic hydroxyl groups is 2. The van der Waals surface area contributed by atoms with E-state index in [2.05, 4.69) is 0 Å². The monoisotopic (exact) mass is 389 g/mol. The van der Waals surface area contributed by atoms with Crippen LogP contribution in [0.25, 0.3) is 0 Å². The van der Waals surface area contributed by atoms with E-state index in [4.69, 9.17) is 16.7 Å². The fourth-order valence-corrected chi connectivity index (χ4v) is 3.27. The first-order valence-corrected chi connectivity index (χ1v) is 8.52. The van der Waals surface area contributed by atoms with E-state index in [1.54, 1.807) is 5.32 Å². The summed E-state index contributed by atoms with van der Waals surface area (Å²) in [6, 6.07) is 2.93. The molecule has 11 heteroatoms. The van der Waals surface area contributed by atoms with Crippen LogP contribution in [0.5, 0.6) is 0 Å². The van der Waals surface area contributed by atoms with Crippen molar-refractivity contribution in [1.29, 1.82) is 0 Å². The Labute approximate surface area is 141 Å². The molecule has 0 saturated carbocycles. The second-order valence-electron chi connectivity index (χ2n) is 5.30. The molecule has 6 nitrogen and oxygen atoms in total. The lowest BCUT2D eigenvalue weighted by Gasteiger charge is -2.25. The van der Waals surface area contributed by atoms with E-state index in [9.17, 15) is 31.5 Å². The number of nitrogens with one attached hydrogen (secondary N) is 1. The minimum Gasteiger partial charge on any atom is -0.392 e. The van der Waals surface area contributed by atoms with E-state index in [0.717, 1.165) is 18.2 Å². The molecule has 0 aromatic heterocycles. The third kappa shape index (κ3) is 4.59. The summed E-state index contributed by atoms with van der Waals surface area (Å²) in [5.41, 5.74) is -3.95. The van der Waals surface area contributed by atoms with Gasteiger partial charge in [-0.15, -0.1) is 0 Å². The Morgan fingerprint density at radius 3 is 2.33 bits per heavy atom.